The van der Waals surface area contributed by atoms with Crippen LogP contribution in [0.2, 0.25) is 0 Å². The van der Waals surface area contributed by atoms with Gasteiger partial charge in [0.05, 0.1) is 0 Å². The van der Waals surface area contributed by atoms with Gasteiger partial charge in [-0.3, -0.25) is 0 Å². The molecule has 0 aromatic heterocycles. The Kier molecular flexibility index (Phi) is 4.25. The number of benzene rings is 2. The minimum absolute atomic E-state index is 0.354. The lowest BCUT2D eigenvalue weighted by Gasteiger charge is -2.23. The Balaban J connectivity index is 1.96. The molecule has 0 spiro atoms. The van der Waals surface area contributed by atoms with Gasteiger partial charge >= 0.3 is 0 Å². The molecule has 0 fully saturated rings. The van der Waals surface area contributed by atoms with Crippen LogP contribution in [0.15, 0.2) is 70.7 Å². The van der Waals surface area contributed by atoms with Crippen LogP contribution in [0.5, 0.6) is 0 Å². The Labute approximate surface area is 135 Å². The van der Waals surface area contributed by atoms with Gasteiger partial charge in [0.2, 0.25) is 0 Å². The molecule has 3 heteroatoms. The van der Waals surface area contributed by atoms with Gasteiger partial charge in [-0.1, -0.05) is 66.4 Å². The standard InChI is InChI=1S/C19H19NOS/c1-14-8-6-7-11-17(14)18(21)19-20(15(2)13-22-19)12-16-9-4-3-5-10-16/h3-11,13,21H,12H2,1-2H3/b19-18+. The zero-order valence-electron chi connectivity index (χ0n) is 12.8. The molecule has 0 unspecified atom stereocenters. The van der Waals surface area contributed by atoms with E-state index >= 15 is 0 Å². The highest BCUT2D eigenvalue weighted by molar-refractivity contribution is 8.06. The fourth-order valence-corrected chi connectivity index (χ4v) is 3.50. The predicted molar refractivity (Wildman–Crippen MR) is 94.1 cm³/mol. The number of hydrogen-bond donors (Lipinski definition) is 1. The number of aliphatic hydroxyl groups is 1. The van der Waals surface area contributed by atoms with Crippen molar-refractivity contribution in [2.75, 3.05) is 0 Å². The summed E-state index contributed by atoms with van der Waals surface area (Å²) in [7, 11) is 0. The zero-order valence-corrected chi connectivity index (χ0v) is 13.6. The molecule has 0 saturated heterocycles. The average molecular weight is 309 g/mol. The van der Waals surface area contributed by atoms with Crippen LogP contribution in [0, 0.1) is 6.92 Å². The fourth-order valence-electron chi connectivity index (χ4n) is 2.53. The number of allylic oxidation sites excluding steroid dienone is 1. The van der Waals surface area contributed by atoms with E-state index in [4.69, 9.17) is 0 Å². The van der Waals surface area contributed by atoms with E-state index in [2.05, 4.69) is 29.4 Å². The third-order valence-electron chi connectivity index (χ3n) is 3.80. The van der Waals surface area contributed by atoms with Crippen LogP contribution in [0.1, 0.15) is 23.6 Å². The maximum absolute atomic E-state index is 10.8. The first kappa shape index (κ1) is 14.8. The summed E-state index contributed by atoms with van der Waals surface area (Å²) >= 11 is 1.58. The molecule has 112 valence electrons. The summed E-state index contributed by atoms with van der Waals surface area (Å²) in [6.45, 7) is 4.86. The summed E-state index contributed by atoms with van der Waals surface area (Å²) in [6, 6.07) is 18.3. The molecule has 0 aliphatic carbocycles. The molecular weight excluding hydrogens is 290 g/mol. The zero-order chi connectivity index (χ0) is 15.5. The van der Waals surface area contributed by atoms with Crippen molar-refractivity contribution >= 4 is 17.5 Å². The van der Waals surface area contributed by atoms with E-state index in [-0.39, 0.29) is 0 Å². The van der Waals surface area contributed by atoms with Crippen molar-refractivity contribution in [1.82, 2.24) is 4.90 Å². The number of nitrogens with zero attached hydrogens (tertiary/aromatic N) is 1. The lowest BCUT2D eigenvalue weighted by Crippen LogP contribution is -2.17. The summed E-state index contributed by atoms with van der Waals surface area (Å²) in [5.41, 5.74) is 4.36. The van der Waals surface area contributed by atoms with Gasteiger partial charge in [0.1, 0.15) is 5.03 Å². The topological polar surface area (TPSA) is 23.5 Å². The number of hydrogen-bond acceptors (Lipinski definition) is 3. The molecule has 0 saturated carbocycles. The van der Waals surface area contributed by atoms with Crippen LogP contribution >= 0.6 is 11.8 Å². The SMILES string of the molecule is CC1=CS/C(=C(/O)c2ccccc2C)N1Cc1ccccc1. The first-order valence-corrected chi connectivity index (χ1v) is 8.19. The normalized spacial score (nSPS) is 16.6. The monoisotopic (exact) mass is 309 g/mol. The molecule has 2 aromatic rings. The number of aryl methyl sites for hydroxylation is 1. The predicted octanol–water partition coefficient (Wildman–Crippen LogP) is 5.29. The van der Waals surface area contributed by atoms with Crippen LogP contribution < -0.4 is 0 Å². The van der Waals surface area contributed by atoms with E-state index in [0.717, 1.165) is 28.4 Å². The summed E-state index contributed by atoms with van der Waals surface area (Å²) in [4.78, 5) is 2.17. The van der Waals surface area contributed by atoms with E-state index < -0.39 is 0 Å². The summed E-state index contributed by atoms with van der Waals surface area (Å²) < 4.78 is 0. The largest absolute Gasteiger partial charge is 0.505 e. The number of thioether (sulfide) groups is 1. The van der Waals surface area contributed by atoms with Crippen molar-refractivity contribution in [2.45, 2.75) is 20.4 Å². The maximum atomic E-state index is 10.8. The minimum atomic E-state index is 0.354. The fraction of sp³-hybridized carbons (Fsp3) is 0.158. The molecule has 1 aliphatic rings. The Hall–Kier alpha value is -2.13. The molecule has 1 heterocycles. The van der Waals surface area contributed by atoms with Gasteiger partial charge in [-0.2, -0.15) is 0 Å². The third-order valence-corrected chi connectivity index (χ3v) is 4.89. The molecule has 3 rings (SSSR count). The number of rotatable bonds is 3. The van der Waals surface area contributed by atoms with Crippen LogP contribution in [-0.2, 0) is 6.54 Å². The average Bonchev–Trinajstić information content (AvgIpc) is 2.89. The van der Waals surface area contributed by atoms with Gasteiger partial charge in [-0.15, -0.1) is 0 Å². The van der Waals surface area contributed by atoms with Crippen LogP contribution in [0.3, 0.4) is 0 Å². The van der Waals surface area contributed by atoms with E-state index in [9.17, 15) is 5.11 Å². The molecule has 0 atom stereocenters. The molecule has 22 heavy (non-hydrogen) atoms. The van der Waals surface area contributed by atoms with Crippen LogP contribution in [0.25, 0.3) is 5.76 Å². The summed E-state index contributed by atoms with van der Waals surface area (Å²) in [6.07, 6.45) is 0. The first-order chi connectivity index (χ1) is 10.7. The van der Waals surface area contributed by atoms with E-state index in [1.807, 2.05) is 49.4 Å². The highest BCUT2D eigenvalue weighted by Gasteiger charge is 2.23. The second kappa shape index (κ2) is 6.32. The maximum Gasteiger partial charge on any atom is 0.153 e. The Bertz CT molecular complexity index is 734. The van der Waals surface area contributed by atoms with E-state index in [0.29, 0.717) is 5.76 Å². The van der Waals surface area contributed by atoms with Crippen LogP contribution in [-0.4, -0.2) is 10.0 Å². The molecular formula is C19H19NOS. The van der Waals surface area contributed by atoms with Gasteiger partial charge in [0, 0.05) is 17.8 Å². The molecule has 0 radical (unpaired) electrons. The minimum Gasteiger partial charge on any atom is -0.505 e. The summed E-state index contributed by atoms with van der Waals surface area (Å²) in [5.74, 6) is 0.354. The second-order valence-corrected chi connectivity index (χ2v) is 6.28. The van der Waals surface area contributed by atoms with Crippen molar-refractivity contribution < 1.29 is 5.11 Å². The van der Waals surface area contributed by atoms with Crippen molar-refractivity contribution in [3.63, 3.8) is 0 Å². The van der Waals surface area contributed by atoms with Gasteiger partial charge in [0.25, 0.3) is 0 Å². The van der Waals surface area contributed by atoms with Crippen LogP contribution in [0.4, 0.5) is 0 Å². The smallest absolute Gasteiger partial charge is 0.153 e. The van der Waals surface area contributed by atoms with E-state index in [1.54, 1.807) is 11.8 Å². The quantitative estimate of drug-likeness (QED) is 0.779. The molecule has 2 nitrogen and oxygen atoms in total. The molecule has 2 aromatic carbocycles. The van der Waals surface area contributed by atoms with Crippen molar-refractivity contribution in [3.05, 3.63) is 87.4 Å². The molecule has 1 aliphatic heterocycles. The van der Waals surface area contributed by atoms with E-state index in [1.165, 1.54) is 5.56 Å². The third kappa shape index (κ3) is 2.90. The highest BCUT2D eigenvalue weighted by Crippen LogP contribution is 2.39. The molecule has 1 N–H and O–H groups in total. The first-order valence-electron chi connectivity index (χ1n) is 7.31. The Morgan fingerprint density at radius 1 is 1.00 bits per heavy atom. The lowest BCUT2D eigenvalue weighted by molar-refractivity contribution is 0.429. The van der Waals surface area contributed by atoms with Crippen molar-refractivity contribution in [2.24, 2.45) is 0 Å². The summed E-state index contributed by atoms with van der Waals surface area (Å²) in [5, 5.41) is 13.7. The van der Waals surface area contributed by atoms with Gasteiger partial charge in [-0.25, -0.2) is 0 Å². The Morgan fingerprint density at radius 3 is 2.41 bits per heavy atom. The second-order valence-electron chi connectivity index (χ2n) is 5.42. The van der Waals surface area contributed by atoms with Gasteiger partial charge < -0.3 is 10.0 Å². The van der Waals surface area contributed by atoms with Crippen molar-refractivity contribution in [3.8, 4) is 0 Å². The number of aliphatic hydroxyl groups excluding tert-OH is 1. The van der Waals surface area contributed by atoms with Crippen molar-refractivity contribution in [1.29, 1.82) is 0 Å². The Morgan fingerprint density at radius 2 is 1.68 bits per heavy atom. The lowest BCUT2D eigenvalue weighted by atomic mass is 10.1. The molecule has 0 amide bonds. The highest BCUT2D eigenvalue weighted by atomic mass is 32.2. The molecule has 0 bridgehead atoms. The van der Waals surface area contributed by atoms with Gasteiger partial charge in [-0.05, 0) is 30.4 Å². The van der Waals surface area contributed by atoms with Gasteiger partial charge in [0.15, 0.2) is 5.76 Å².